The number of carbonyl (C=O) groups excluding carboxylic acids is 2. The number of rotatable bonds is 7. The molecule has 0 N–H and O–H groups in total. The molecule has 3 aliphatic rings. The summed E-state index contributed by atoms with van der Waals surface area (Å²) in [6.45, 7) is 7.04. The number of carbonyl (C=O) groups is 2. The standard InChI is InChI=1S/C34H38N2O4/c1-3-39-29-21-25-16-19-36-32(28(25)22-30(29)40-4-2)31(26-12-8-9-13-27(26)33(36)37)34(38)35-17-14-24(15-18-35)20-23-10-6-5-7-11-23/h5-13,21-22,24,31-32H,3-4,14-20H2,1-2H3. The summed E-state index contributed by atoms with van der Waals surface area (Å²) in [7, 11) is 0. The molecule has 3 aromatic carbocycles. The van der Waals surface area contributed by atoms with E-state index in [1.165, 1.54) is 5.56 Å². The third kappa shape index (κ3) is 4.85. The van der Waals surface area contributed by atoms with Gasteiger partial charge in [0.1, 0.15) is 0 Å². The van der Waals surface area contributed by atoms with Crippen LogP contribution in [0.15, 0.2) is 66.7 Å². The van der Waals surface area contributed by atoms with E-state index >= 15 is 0 Å². The van der Waals surface area contributed by atoms with Crippen LogP contribution >= 0.6 is 0 Å². The lowest BCUT2D eigenvalue weighted by atomic mass is 9.75. The van der Waals surface area contributed by atoms with E-state index < -0.39 is 5.92 Å². The van der Waals surface area contributed by atoms with Gasteiger partial charge in [0.2, 0.25) is 5.91 Å². The van der Waals surface area contributed by atoms with E-state index in [1.807, 2.05) is 54.0 Å². The molecule has 3 aromatic rings. The first kappa shape index (κ1) is 26.4. The topological polar surface area (TPSA) is 59.1 Å². The molecule has 3 heterocycles. The Balaban J connectivity index is 1.33. The molecule has 2 atom stereocenters. The van der Waals surface area contributed by atoms with Gasteiger partial charge in [0.05, 0.1) is 25.2 Å². The zero-order valence-electron chi connectivity index (χ0n) is 23.5. The molecule has 0 saturated carbocycles. The van der Waals surface area contributed by atoms with E-state index in [9.17, 15) is 9.59 Å². The summed E-state index contributed by atoms with van der Waals surface area (Å²) < 4.78 is 11.9. The Kier molecular flexibility index (Phi) is 7.50. The van der Waals surface area contributed by atoms with Crippen LogP contribution in [0.3, 0.4) is 0 Å². The van der Waals surface area contributed by atoms with Crippen molar-refractivity contribution in [1.29, 1.82) is 0 Å². The summed E-state index contributed by atoms with van der Waals surface area (Å²) in [5.41, 5.74) is 4.97. The maximum Gasteiger partial charge on any atom is 0.254 e. The SMILES string of the molecule is CCOc1cc2c(cc1OCC)C1C(C(=O)N3CCC(Cc4ccccc4)CC3)c3ccccc3C(=O)N1CC2. The molecule has 3 aliphatic heterocycles. The number of likely N-dealkylation sites (tertiary alicyclic amines) is 1. The number of nitrogens with zero attached hydrogens (tertiary/aromatic N) is 2. The molecule has 6 rings (SSSR count). The second-order valence-electron chi connectivity index (χ2n) is 11.1. The molecule has 0 spiro atoms. The second kappa shape index (κ2) is 11.4. The van der Waals surface area contributed by atoms with Crippen molar-refractivity contribution in [2.45, 2.75) is 51.5 Å². The van der Waals surface area contributed by atoms with Crippen molar-refractivity contribution in [3.63, 3.8) is 0 Å². The Morgan fingerprint density at radius 1 is 0.850 bits per heavy atom. The van der Waals surface area contributed by atoms with Crippen LogP contribution in [0.2, 0.25) is 0 Å². The van der Waals surface area contributed by atoms with Gasteiger partial charge in [-0.2, -0.15) is 0 Å². The fourth-order valence-electron chi connectivity index (χ4n) is 6.84. The van der Waals surface area contributed by atoms with Gasteiger partial charge in [-0.25, -0.2) is 0 Å². The maximum absolute atomic E-state index is 14.5. The Labute approximate surface area is 236 Å². The van der Waals surface area contributed by atoms with Crippen molar-refractivity contribution in [1.82, 2.24) is 9.80 Å². The minimum atomic E-state index is -0.453. The van der Waals surface area contributed by atoms with Crippen LogP contribution in [0.4, 0.5) is 0 Å². The molecule has 2 amide bonds. The molecular formula is C34H38N2O4. The predicted octanol–water partition coefficient (Wildman–Crippen LogP) is 5.80. The molecule has 1 saturated heterocycles. The zero-order valence-corrected chi connectivity index (χ0v) is 23.5. The quantitative estimate of drug-likeness (QED) is 0.381. The lowest BCUT2D eigenvalue weighted by Gasteiger charge is -2.47. The van der Waals surface area contributed by atoms with Gasteiger partial charge in [-0.1, -0.05) is 48.5 Å². The van der Waals surface area contributed by atoms with Gasteiger partial charge < -0.3 is 19.3 Å². The molecule has 0 aromatic heterocycles. The minimum Gasteiger partial charge on any atom is -0.490 e. The Morgan fingerprint density at radius 2 is 1.52 bits per heavy atom. The fraction of sp³-hybridized carbons (Fsp3) is 0.412. The maximum atomic E-state index is 14.5. The van der Waals surface area contributed by atoms with E-state index in [2.05, 4.69) is 36.4 Å². The number of hydrogen-bond acceptors (Lipinski definition) is 4. The molecular weight excluding hydrogens is 500 g/mol. The Morgan fingerprint density at radius 3 is 2.25 bits per heavy atom. The number of piperidine rings is 1. The van der Waals surface area contributed by atoms with E-state index in [0.717, 1.165) is 61.2 Å². The largest absolute Gasteiger partial charge is 0.490 e. The Bertz CT molecular complexity index is 1380. The highest BCUT2D eigenvalue weighted by Gasteiger charge is 2.48. The van der Waals surface area contributed by atoms with Crippen molar-refractivity contribution in [3.8, 4) is 11.5 Å². The number of fused-ring (bicyclic) bond motifs is 4. The molecule has 0 radical (unpaired) electrons. The highest BCUT2D eigenvalue weighted by Crippen LogP contribution is 2.49. The van der Waals surface area contributed by atoms with E-state index in [0.29, 0.717) is 37.0 Å². The van der Waals surface area contributed by atoms with Gasteiger partial charge in [0.15, 0.2) is 11.5 Å². The van der Waals surface area contributed by atoms with Crippen LogP contribution in [-0.2, 0) is 17.6 Å². The van der Waals surface area contributed by atoms with Crippen LogP contribution in [0, 0.1) is 5.92 Å². The van der Waals surface area contributed by atoms with E-state index in [1.54, 1.807) is 0 Å². The summed E-state index contributed by atoms with van der Waals surface area (Å²) >= 11 is 0. The first-order chi connectivity index (χ1) is 19.6. The smallest absolute Gasteiger partial charge is 0.254 e. The monoisotopic (exact) mass is 538 g/mol. The van der Waals surface area contributed by atoms with Crippen molar-refractivity contribution >= 4 is 11.8 Å². The first-order valence-corrected chi connectivity index (χ1v) is 14.7. The van der Waals surface area contributed by atoms with Gasteiger partial charge >= 0.3 is 0 Å². The molecule has 0 aliphatic carbocycles. The average molecular weight is 539 g/mol. The summed E-state index contributed by atoms with van der Waals surface area (Å²) in [6.07, 6.45) is 3.75. The molecule has 2 unspecified atom stereocenters. The predicted molar refractivity (Wildman–Crippen MR) is 155 cm³/mol. The van der Waals surface area contributed by atoms with E-state index in [-0.39, 0.29) is 17.9 Å². The van der Waals surface area contributed by atoms with Crippen LogP contribution in [0.5, 0.6) is 11.5 Å². The number of benzene rings is 3. The van der Waals surface area contributed by atoms with Crippen LogP contribution in [-0.4, -0.2) is 54.5 Å². The molecule has 40 heavy (non-hydrogen) atoms. The molecule has 0 bridgehead atoms. The number of ether oxygens (including phenoxy) is 2. The fourth-order valence-corrected chi connectivity index (χ4v) is 6.84. The summed E-state index contributed by atoms with van der Waals surface area (Å²) in [6, 6.07) is 22.0. The van der Waals surface area contributed by atoms with Gasteiger partial charge in [0.25, 0.3) is 5.91 Å². The van der Waals surface area contributed by atoms with Crippen molar-refractivity contribution in [2.75, 3.05) is 32.8 Å². The molecule has 6 heteroatoms. The minimum absolute atomic E-state index is 0.00344. The first-order valence-electron chi connectivity index (χ1n) is 14.7. The zero-order chi connectivity index (χ0) is 27.6. The van der Waals surface area contributed by atoms with E-state index in [4.69, 9.17) is 9.47 Å². The summed E-state index contributed by atoms with van der Waals surface area (Å²) in [5.74, 6) is 1.64. The van der Waals surface area contributed by atoms with Crippen LogP contribution < -0.4 is 9.47 Å². The molecule has 1 fully saturated rings. The van der Waals surface area contributed by atoms with Crippen LogP contribution in [0.1, 0.15) is 71.3 Å². The Hall–Kier alpha value is -3.80. The lowest BCUT2D eigenvalue weighted by Crippen LogP contribution is -2.51. The summed E-state index contributed by atoms with van der Waals surface area (Å²) in [5, 5.41) is 0. The van der Waals surface area contributed by atoms with Crippen molar-refractivity contribution in [3.05, 3.63) is 94.5 Å². The summed E-state index contributed by atoms with van der Waals surface area (Å²) in [4.78, 5) is 32.2. The third-order valence-electron chi connectivity index (χ3n) is 8.74. The average Bonchev–Trinajstić information content (AvgIpc) is 2.98. The molecule has 208 valence electrons. The molecule has 6 nitrogen and oxygen atoms in total. The number of amides is 2. The van der Waals surface area contributed by atoms with Crippen molar-refractivity contribution < 1.29 is 19.1 Å². The normalized spacial score (nSPS) is 20.4. The highest BCUT2D eigenvalue weighted by atomic mass is 16.5. The second-order valence-corrected chi connectivity index (χ2v) is 11.1. The van der Waals surface area contributed by atoms with Gasteiger partial charge in [-0.3, -0.25) is 9.59 Å². The van der Waals surface area contributed by atoms with Crippen molar-refractivity contribution in [2.24, 2.45) is 5.92 Å². The lowest BCUT2D eigenvalue weighted by molar-refractivity contribution is -0.136. The highest BCUT2D eigenvalue weighted by molar-refractivity contribution is 6.01. The van der Waals surface area contributed by atoms with Crippen LogP contribution in [0.25, 0.3) is 0 Å². The number of hydrogen-bond donors (Lipinski definition) is 0. The van der Waals surface area contributed by atoms with Gasteiger partial charge in [-0.15, -0.1) is 0 Å². The van der Waals surface area contributed by atoms with Gasteiger partial charge in [0, 0.05) is 25.2 Å². The third-order valence-corrected chi connectivity index (χ3v) is 8.74. The van der Waals surface area contributed by atoms with Gasteiger partial charge in [-0.05, 0) is 85.9 Å².